The van der Waals surface area contributed by atoms with E-state index in [2.05, 4.69) is 67.1 Å². The summed E-state index contributed by atoms with van der Waals surface area (Å²) >= 11 is 1.80. The van der Waals surface area contributed by atoms with E-state index in [9.17, 15) is 19.2 Å². The number of carbonyl (C=O) groups is 4. The first-order valence-electron chi connectivity index (χ1n) is 13.5. The fraction of sp³-hybridized carbons (Fsp3) is 0.630. The van der Waals surface area contributed by atoms with Gasteiger partial charge in [0.2, 0.25) is 0 Å². The lowest BCUT2D eigenvalue weighted by Gasteiger charge is -2.27. The Hall–Kier alpha value is -2.87. The van der Waals surface area contributed by atoms with Crippen LogP contribution in [0.1, 0.15) is 40.5 Å². The van der Waals surface area contributed by atoms with E-state index in [1.165, 1.54) is 4.90 Å². The number of hydrogen-bond donors (Lipinski definition) is 5. The summed E-state index contributed by atoms with van der Waals surface area (Å²) in [6.07, 6.45) is -2.29. The second-order valence-electron chi connectivity index (χ2n) is 8.91. The van der Waals surface area contributed by atoms with Crippen molar-refractivity contribution < 1.29 is 39.6 Å². The Labute approximate surface area is 241 Å². The van der Waals surface area contributed by atoms with Crippen molar-refractivity contribution in [3.8, 4) is 0 Å². The van der Waals surface area contributed by atoms with Crippen LogP contribution in [-0.4, -0.2) is 129 Å². The van der Waals surface area contributed by atoms with Gasteiger partial charge in [-0.05, 0) is 38.3 Å². The number of rotatable bonds is 19. The number of amides is 2. The lowest BCUT2D eigenvalue weighted by Crippen LogP contribution is -2.46. The van der Waals surface area contributed by atoms with E-state index >= 15 is 0 Å². The van der Waals surface area contributed by atoms with Crippen LogP contribution in [0.2, 0.25) is 0 Å². The number of carboxylic acids is 3. The molecule has 0 aliphatic heterocycles. The highest BCUT2D eigenvalue weighted by Crippen LogP contribution is 2.17. The number of nitrogens with one attached hydrogen (secondary N) is 1. The number of likely N-dealkylation sites (N-methyl/N-ethyl adjacent to an activating group) is 2. The van der Waals surface area contributed by atoms with E-state index in [4.69, 9.17) is 20.4 Å². The number of carboxylic acid groups (broad SMARTS) is 3. The van der Waals surface area contributed by atoms with Crippen molar-refractivity contribution in [1.82, 2.24) is 20.0 Å². The van der Waals surface area contributed by atoms with E-state index < -0.39 is 36.4 Å². The quantitative estimate of drug-likeness (QED) is 0.151. The fourth-order valence-corrected chi connectivity index (χ4v) is 4.49. The smallest absolute Gasteiger partial charge is 0.336 e. The van der Waals surface area contributed by atoms with Crippen LogP contribution in [0.3, 0.4) is 0 Å². The molecule has 0 aromatic heterocycles. The van der Waals surface area contributed by atoms with Crippen LogP contribution < -0.4 is 5.32 Å². The topological polar surface area (TPSA) is 171 Å². The third kappa shape index (κ3) is 16.3. The van der Waals surface area contributed by atoms with Gasteiger partial charge in [0, 0.05) is 43.4 Å². The Morgan fingerprint density at radius 2 is 1.27 bits per heavy atom. The molecular formula is C27H46N4O8S. The summed E-state index contributed by atoms with van der Waals surface area (Å²) in [6.45, 7) is 16.8. The molecule has 12 nitrogen and oxygen atoms in total. The summed E-state index contributed by atoms with van der Waals surface area (Å²) in [5.74, 6) is -4.11. The maximum Gasteiger partial charge on any atom is 0.336 e. The summed E-state index contributed by atoms with van der Waals surface area (Å²) in [6, 6.07) is 10.4. The number of aliphatic carboxylic acids is 3. The van der Waals surface area contributed by atoms with Crippen LogP contribution in [-0.2, 0) is 14.4 Å². The molecule has 0 atom stereocenters. The van der Waals surface area contributed by atoms with Gasteiger partial charge in [-0.3, -0.25) is 9.59 Å². The molecule has 0 spiro atoms. The zero-order chi connectivity index (χ0) is 30.6. The highest BCUT2D eigenvalue weighted by atomic mass is 32.2. The first kappa shape index (κ1) is 37.1. The molecule has 0 heterocycles. The predicted octanol–water partition coefficient (Wildman–Crippen LogP) is 2.23. The Balaban J connectivity index is 0.000000983. The molecule has 228 valence electrons. The molecule has 0 unspecified atom stereocenters. The molecule has 1 rings (SSSR count). The monoisotopic (exact) mass is 586 g/mol. The van der Waals surface area contributed by atoms with E-state index in [0.717, 1.165) is 58.1 Å². The first-order chi connectivity index (χ1) is 18.9. The van der Waals surface area contributed by atoms with Gasteiger partial charge in [0.1, 0.15) is 0 Å². The lowest BCUT2D eigenvalue weighted by molar-refractivity contribution is -0.170. The highest BCUT2D eigenvalue weighted by molar-refractivity contribution is 7.99. The molecule has 0 aliphatic rings. The van der Waals surface area contributed by atoms with Gasteiger partial charge in [-0.25, -0.2) is 9.59 Å². The summed E-state index contributed by atoms with van der Waals surface area (Å²) in [7, 11) is 0. The average molecular weight is 587 g/mol. The van der Waals surface area contributed by atoms with Gasteiger partial charge < -0.3 is 40.4 Å². The Morgan fingerprint density at radius 1 is 0.775 bits per heavy atom. The summed E-state index contributed by atoms with van der Waals surface area (Å²) in [4.78, 5) is 51.1. The SMILES string of the molecule is CCN(CC)CCNC(=O)N(CCSc1ccccc1)CCN(CC)CC.O=C(O)CC(O)(CC(=O)O)C(=O)O. The fourth-order valence-electron chi connectivity index (χ4n) is 3.59. The molecule has 0 fully saturated rings. The molecule has 0 aliphatic carbocycles. The average Bonchev–Trinajstić information content (AvgIpc) is 2.90. The minimum absolute atomic E-state index is 0.0583. The zero-order valence-corrected chi connectivity index (χ0v) is 24.9. The number of aliphatic hydroxyl groups is 1. The third-order valence-electron chi connectivity index (χ3n) is 6.13. The van der Waals surface area contributed by atoms with E-state index in [1.54, 1.807) is 11.8 Å². The molecular weight excluding hydrogens is 540 g/mol. The standard InChI is InChI=1S/C21H38N4OS.C6H8O7/c1-5-23(6-2)15-14-22-21(26)25(17-16-24(7-3)8-4)18-19-27-20-12-10-9-11-13-20;7-3(8)1-6(13,5(11)12)2-4(9)10/h9-13H,5-8,14-19H2,1-4H3,(H,22,26);13H,1-2H2,(H,7,8)(H,9,10)(H,11,12). The van der Waals surface area contributed by atoms with Gasteiger partial charge in [-0.2, -0.15) is 0 Å². The zero-order valence-electron chi connectivity index (χ0n) is 24.0. The Morgan fingerprint density at radius 3 is 1.73 bits per heavy atom. The Kier molecular flexibility index (Phi) is 19.5. The minimum Gasteiger partial charge on any atom is -0.481 e. The largest absolute Gasteiger partial charge is 0.481 e. The van der Waals surface area contributed by atoms with Crippen LogP contribution in [0.4, 0.5) is 4.79 Å². The van der Waals surface area contributed by atoms with Gasteiger partial charge in [0.15, 0.2) is 5.60 Å². The summed E-state index contributed by atoms with van der Waals surface area (Å²) < 4.78 is 0. The predicted molar refractivity (Wildman–Crippen MR) is 155 cm³/mol. The molecule has 0 saturated heterocycles. The van der Waals surface area contributed by atoms with E-state index in [0.29, 0.717) is 6.54 Å². The first-order valence-corrected chi connectivity index (χ1v) is 14.4. The van der Waals surface area contributed by atoms with Crippen LogP contribution in [0.15, 0.2) is 35.2 Å². The van der Waals surface area contributed by atoms with Crippen molar-refractivity contribution in [2.75, 3.05) is 64.7 Å². The molecule has 13 heteroatoms. The van der Waals surface area contributed by atoms with Crippen LogP contribution in [0.25, 0.3) is 0 Å². The molecule has 1 aromatic rings. The number of hydrogen-bond acceptors (Lipinski definition) is 8. The van der Waals surface area contributed by atoms with Gasteiger partial charge in [0.05, 0.1) is 12.8 Å². The second-order valence-corrected chi connectivity index (χ2v) is 10.1. The van der Waals surface area contributed by atoms with Gasteiger partial charge >= 0.3 is 23.9 Å². The van der Waals surface area contributed by atoms with Crippen molar-refractivity contribution in [2.45, 2.75) is 51.0 Å². The lowest BCUT2D eigenvalue weighted by atomic mass is 9.96. The maximum absolute atomic E-state index is 12.7. The third-order valence-corrected chi connectivity index (χ3v) is 7.12. The molecule has 1 aromatic carbocycles. The van der Waals surface area contributed by atoms with Crippen LogP contribution in [0.5, 0.6) is 0 Å². The number of carbonyl (C=O) groups excluding carboxylic acids is 1. The number of thioether (sulfide) groups is 1. The molecule has 0 bridgehead atoms. The number of urea groups is 1. The molecule has 5 N–H and O–H groups in total. The summed E-state index contributed by atoms with van der Waals surface area (Å²) in [5, 5.41) is 36.9. The van der Waals surface area contributed by atoms with E-state index in [-0.39, 0.29) is 6.03 Å². The second kappa shape index (κ2) is 21.0. The maximum atomic E-state index is 12.7. The Bertz CT molecular complexity index is 867. The van der Waals surface area contributed by atoms with Crippen LogP contribution >= 0.6 is 11.8 Å². The van der Waals surface area contributed by atoms with Gasteiger partial charge in [-0.15, -0.1) is 11.8 Å². The van der Waals surface area contributed by atoms with Gasteiger partial charge in [-0.1, -0.05) is 45.9 Å². The van der Waals surface area contributed by atoms with Gasteiger partial charge in [0.25, 0.3) is 0 Å². The van der Waals surface area contributed by atoms with Crippen molar-refractivity contribution >= 4 is 35.7 Å². The number of nitrogens with zero attached hydrogens (tertiary/aromatic N) is 3. The van der Waals surface area contributed by atoms with Crippen LogP contribution in [0, 0.1) is 0 Å². The van der Waals surface area contributed by atoms with E-state index in [1.807, 2.05) is 11.0 Å². The van der Waals surface area contributed by atoms with Crippen molar-refractivity contribution in [3.63, 3.8) is 0 Å². The molecule has 0 radical (unpaired) electrons. The van der Waals surface area contributed by atoms with Crippen molar-refractivity contribution in [3.05, 3.63) is 30.3 Å². The summed E-state index contributed by atoms with van der Waals surface area (Å²) in [5.41, 5.74) is -2.74. The molecule has 2 amide bonds. The molecule has 0 saturated carbocycles. The molecule has 40 heavy (non-hydrogen) atoms. The van der Waals surface area contributed by atoms with Crippen molar-refractivity contribution in [1.29, 1.82) is 0 Å². The van der Waals surface area contributed by atoms with Crippen molar-refractivity contribution in [2.24, 2.45) is 0 Å². The normalized spacial score (nSPS) is 11.1. The minimum atomic E-state index is -2.74. The highest BCUT2D eigenvalue weighted by Gasteiger charge is 2.40. The number of benzene rings is 1.